The van der Waals surface area contributed by atoms with Crippen molar-refractivity contribution in [2.75, 3.05) is 13.7 Å². The van der Waals surface area contributed by atoms with Crippen LogP contribution in [0.1, 0.15) is 11.1 Å². The van der Waals surface area contributed by atoms with Gasteiger partial charge in [0, 0.05) is 6.54 Å². The van der Waals surface area contributed by atoms with Crippen molar-refractivity contribution >= 4 is 35.6 Å². The van der Waals surface area contributed by atoms with E-state index < -0.39 is 0 Å². The second kappa shape index (κ2) is 9.16. The Bertz CT molecular complexity index is 558. The fourth-order valence-corrected chi connectivity index (χ4v) is 2.32. The van der Waals surface area contributed by atoms with Crippen molar-refractivity contribution in [1.29, 1.82) is 0 Å². The standard InChI is InChI=1S/C16H17Cl2NO.ClH/c1-20-14-7-5-12(6-8-14)9-10-19-11-13-3-2-4-15(17)16(13)18;/h2-8,19H,9-11H2,1H3;1H. The molecule has 2 aromatic carbocycles. The first-order valence-corrected chi connectivity index (χ1v) is 7.23. The summed E-state index contributed by atoms with van der Waals surface area (Å²) in [4.78, 5) is 0. The molecule has 0 amide bonds. The zero-order valence-electron chi connectivity index (χ0n) is 11.7. The van der Waals surface area contributed by atoms with Gasteiger partial charge in [-0.2, -0.15) is 0 Å². The van der Waals surface area contributed by atoms with Gasteiger partial charge in [0.05, 0.1) is 17.2 Å². The second-order valence-electron chi connectivity index (χ2n) is 4.49. The van der Waals surface area contributed by atoms with Crippen LogP contribution >= 0.6 is 35.6 Å². The van der Waals surface area contributed by atoms with Gasteiger partial charge in [0.1, 0.15) is 5.75 Å². The smallest absolute Gasteiger partial charge is 0.118 e. The van der Waals surface area contributed by atoms with E-state index >= 15 is 0 Å². The quantitative estimate of drug-likeness (QED) is 0.762. The molecule has 5 heteroatoms. The number of methoxy groups -OCH3 is 1. The van der Waals surface area contributed by atoms with Crippen molar-refractivity contribution in [3.05, 3.63) is 63.6 Å². The average molecular weight is 347 g/mol. The summed E-state index contributed by atoms with van der Waals surface area (Å²) < 4.78 is 5.13. The molecule has 0 atom stereocenters. The van der Waals surface area contributed by atoms with Crippen LogP contribution in [0, 0.1) is 0 Å². The van der Waals surface area contributed by atoms with E-state index in [1.54, 1.807) is 13.2 Å². The molecule has 0 aliphatic heterocycles. The molecule has 2 nitrogen and oxygen atoms in total. The van der Waals surface area contributed by atoms with E-state index in [0.29, 0.717) is 10.0 Å². The monoisotopic (exact) mass is 345 g/mol. The summed E-state index contributed by atoms with van der Waals surface area (Å²) in [6.07, 6.45) is 0.960. The molecule has 1 N–H and O–H groups in total. The Hall–Kier alpha value is -0.930. The molecular weight excluding hydrogens is 329 g/mol. The van der Waals surface area contributed by atoms with Crippen LogP contribution in [0.15, 0.2) is 42.5 Å². The van der Waals surface area contributed by atoms with E-state index in [2.05, 4.69) is 17.4 Å². The van der Waals surface area contributed by atoms with Crippen LogP contribution in [0.3, 0.4) is 0 Å². The lowest BCUT2D eigenvalue weighted by molar-refractivity contribution is 0.414. The predicted octanol–water partition coefficient (Wildman–Crippen LogP) is 4.76. The van der Waals surface area contributed by atoms with E-state index in [9.17, 15) is 0 Å². The highest BCUT2D eigenvalue weighted by Gasteiger charge is 2.03. The van der Waals surface area contributed by atoms with Crippen molar-refractivity contribution in [3.8, 4) is 5.75 Å². The van der Waals surface area contributed by atoms with Gasteiger partial charge in [-0.3, -0.25) is 0 Å². The van der Waals surface area contributed by atoms with Crippen molar-refractivity contribution in [2.24, 2.45) is 0 Å². The molecule has 0 heterocycles. The molecule has 2 aromatic rings. The molecule has 0 spiro atoms. The normalized spacial score (nSPS) is 10.0. The molecule has 0 aliphatic rings. The molecule has 0 unspecified atom stereocenters. The Labute approximate surface area is 141 Å². The minimum absolute atomic E-state index is 0. The summed E-state index contributed by atoms with van der Waals surface area (Å²) in [6, 6.07) is 13.8. The third-order valence-corrected chi connectivity index (χ3v) is 3.95. The van der Waals surface area contributed by atoms with E-state index in [0.717, 1.165) is 30.8 Å². The lowest BCUT2D eigenvalue weighted by Crippen LogP contribution is -2.16. The number of nitrogens with one attached hydrogen (secondary N) is 1. The maximum Gasteiger partial charge on any atom is 0.118 e. The van der Waals surface area contributed by atoms with Gasteiger partial charge in [-0.05, 0) is 42.3 Å². The van der Waals surface area contributed by atoms with Gasteiger partial charge < -0.3 is 10.1 Å². The van der Waals surface area contributed by atoms with Crippen molar-refractivity contribution in [2.45, 2.75) is 13.0 Å². The molecule has 0 aliphatic carbocycles. The number of hydrogen-bond donors (Lipinski definition) is 1. The molecule has 0 radical (unpaired) electrons. The average Bonchev–Trinajstić information content (AvgIpc) is 2.48. The molecule has 2 rings (SSSR count). The number of benzene rings is 2. The van der Waals surface area contributed by atoms with Crippen LogP contribution in [-0.4, -0.2) is 13.7 Å². The number of rotatable bonds is 6. The fourth-order valence-electron chi connectivity index (χ4n) is 1.93. The van der Waals surface area contributed by atoms with Gasteiger partial charge in [-0.1, -0.05) is 47.5 Å². The highest BCUT2D eigenvalue weighted by Crippen LogP contribution is 2.25. The molecule has 0 aromatic heterocycles. The summed E-state index contributed by atoms with van der Waals surface area (Å²) in [5.41, 5.74) is 2.30. The summed E-state index contributed by atoms with van der Waals surface area (Å²) in [5, 5.41) is 4.60. The van der Waals surface area contributed by atoms with E-state index in [4.69, 9.17) is 27.9 Å². The first-order valence-electron chi connectivity index (χ1n) is 6.47. The maximum absolute atomic E-state index is 6.14. The van der Waals surface area contributed by atoms with Gasteiger partial charge in [0.15, 0.2) is 0 Å². The van der Waals surface area contributed by atoms with Crippen molar-refractivity contribution in [3.63, 3.8) is 0 Å². The third kappa shape index (κ3) is 5.40. The third-order valence-electron chi connectivity index (χ3n) is 3.10. The Morgan fingerprint density at radius 1 is 1.05 bits per heavy atom. The lowest BCUT2D eigenvalue weighted by atomic mass is 10.1. The highest BCUT2D eigenvalue weighted by atomic mass is 35.5. The van der Waals surface area contributed by atoms with Gasteiger partial charge in [0.25, 0.3) is 0 Å². The summed E-state index contributed by atoms with van der Waals surface area (Å²) in [6.45, 7) is 1.60. The van der Waals surface area contributed by atoms with Crippen molar-refractivity contribution in [1.82, 2.24) is 5.32 Å². The Morgan fingerprint density at radius 3 is 2.43 bits per heavy atom. The van der Waals surface area contributed by atoms with Crippen LogP contribution in [-0.2, 0) is 13.0 Å². The Kier molecular flexibility index (Phi) is 7.91. The number of hydrogen-bond acceptors (Lipinski definition) is 2. The molecule has 114 valence electrons. The highest BCUT2D eigenvalue weighted by molar-refractivity contribution is 6.42. The second-order valence-corrected chi connectivity index (χ2v) is 5.27. The topological polar surface area (TPSA) is 21.3 Å². The minimum Gasteiger partial charge on any atom is -0.497 e. The van der Waals surface area contributed by atoms with Crippen LogP contribution < -0.4 is 10.1 Å². The Morgan fingerprint density at radius 2 is 1.76 bits per heavy atom. The Balaban J connectivity index is 0.00000220. The lowest BCUT2D eigenvalue weighted by Gasteiger charge is -2.08. The largest absolute Gasteiger partial charge is 0.497 e. The summed E-state index contributed by atoms with van der Waals surface area (Å²) in [7, 11) is 1.67. The molecule has 0 fully saturated rings. The van der Waals surface area contributed by atoms with Gasteiger partial charge in [-0.25, -0.2) is 0 Å². The first kappa shape index (κ1) is 18.1. The van der Waals surface area contributed by atoms with Crippen LogP contribution in [0.2, 0.25) is 10.0 Å². The van der Waals surface area contributed by atoms with E-state index in [-0.39, 0.29) is 12.4 Å². The van der Waals surface area contributed by atoms with Gasteiger partial charge in [0.2, 0.25) is 0 Å². The predicted molar refractivity (Wildman–Crippen MR) is 92.1 cm³/mol. The SMILES string of the molecule is COc1ccc(CCNCc2cccc(Cl)c2Cl)cc1.Cl. The molecule has 0 saturated carbocycles. The zero-order valence-corrected chi connectivity index (χ0v) is 14.1. The summed E-state index contributed by atoms with van der Waals surface area (Å²) in [5.74, 6) is 0.882. The maximum atomic E-state index is 6.14. The number of ether oxygens (including phenoxy) is 1. The van der Waals surface area contributed by atoms with Crippen LogP contribution in [0.4, 0.5) is 0 Å². The minimum atomic E-state index is 0. The summed E-state index contributed by atoms with van der Waals surface area (Å²) >= 11 is 12.1. The van der Waals surface area contributed by atoms with E-state index in [1.807, 2.05) is 24.3 Å². The molecular formula is C16H18Cl3NO. The van der Waals surface area contributed by atoms with E-state index in [1.165, 1.54) is 5.56 Å². The van der Waals surface area contributed by atoms with Crippen LogP contribution in [0.5, 0.6) is 5.75 Å². The van der Waals surface area contributed by atoms with Crippen molar-refractivity contribution < 1.29 is 4.74 Å². The van der Waals surface area contributed by atoms with Crippen LogP contribution in [0.25, 0.3) is 0 Å². The zero-order chi connectivity index (χ0) is 14.4. The fraction of sp³-hybridized carbons (Fsp3) is 0.250. The molecule has 21 heavy (non-hydrogen) atoms. The molecule has 0 bridgehead atoms. The van der Waals surface area contributed by atoms with Gasteiger partial charge >= 0.3 is 0 Å². The molecule has 0 saturated heterocycles. The van der Waals surface area contributed by atoms with Gasteiger partial charge in [-0.15, -0.1) is 12.4 Å². The number of halogens is 3. The first-order chi connectivity index (χ1) is 9.70.